The van der Waals surface area contributed by atoms with Crippen molar-refractivity contribution in [2.45, 2.75) is 36.5 Å². The number of hydrogen-bond donors (Lipinski definition) is 0. The molecule has 0 saturated carbocycles. The number of sulfone groups is 1. The van der Waals surface area contributed by atoms with E-state index in [1.54, 1.807) is 25.1 Å². The monoisotopic (exact) mass is 563 g/mol. The summed E-state index contributed by atoms with van der Waals surface area (Å²) in [6, 6.07) is 31.2. The molecule has 5 aromatic rings. The van der Waals surface area contributed by atoms with Crippen LogP contribution < -0.4 is 4.90 Å². The van der Waals surface area contributed by atoms with Crippen molar-refractivity contribution in [3.63, 3.8) is 0 Å². The van der Waals surface area contributed by atoms with E-state index in [0.29, 0.717) is 12.1 Å². The van der Waals surface area contributed by atoms with Crippen LogP contribution in [0.1, 0.15) is 35.1 Å². The van der Waals surface area contributed by atoms with Gasteiger partial charge in [-0.3, -0.25) is 9.59 Å². The Bertz CT molecular complexity index is 1770. The lowest BCUT2D eigenvalue weighted by atomic mass is 10.1. The fourth-order valence-corrected chi connectivity index (χ4v) is 6.09. The highest BCUT2D eigenvalue weighted by atomic mass is 32.2. The zero-order valence-corrected chi connectivity index (χ0v) is 23.4. The summed E-state index contributed by atoms with van der Waals surface area (Å²) in [5.74, 6) is -0.961. The Balaban J connectivity index is 1.42. The first-order valence-electron chi connectivity index (χ1n) is 13.3. The van der Waals surface area contributed by atoms with Gasteiger partial charge in [-0.05, 0) is 71.6 Å². The van der Waals surface area contributed by atoms with Gasteiger partial charge in [-0.25, -0.2) is 18.4 Å². The number of aromatic nitrogens is 2. The summed E-state index contributed by atoms with van der Waals surface area (Å²) in [5, 5.41) is 1.47. The van der Waals surface area contributed by atoms with E-state index in [2.05, 4.69) is 9.97 Å². The van der Waals surface area contributed by atoms with Gasteiger partial charge >= 0.3 is 0 Å². The lowest BCUT2D eigenvalue weighted by Gasteiger charge is -2.23. The summed E-state index contributed by atoms with van der Waals surface area (Å²) < 4.78 is 26.7. The van der Waals surface area contributed by atoms with Crippen molar-refractivity contribution in [3.8, 4) is 0 Å². The third kappa shape index (κ3) is 6.56. The van der Waals surface area contributed by atoms with E-state index in [9.17, 15) is 18.0 Å². The first-order valence-corrected chi connectivity index (χ1v) is 14.8. The molecule has 0 aliphatic heterocycles. The molecular formula is C33H29N3O4S. The standard InChI is InChI=1S/C33H29N3O4S/c1-24(20-25-8-3-2-4-9-25)41(39,40)30-16-14-29(15-17-30)36(32(38)22-31(37)33-34-18-7-19-35-33)23-26-12-13-27-10-5-6-11-28(27)21-26/h2-19,21,24H,20,22-23H2,1H3. The maximum Gasteiger partial charge on any atom is 0.235 e. The average Bonchev–Trinajstić information content (AvgIpc) is 3.00. The van der Waals surface area contributed by atoms with E-state index in [-0.39, 0.29) is 17.3 Å². The van der Waals surface area contributed by atoms with Gasteiger partial charge in [0.25, 0.3) is 0 Å². The first-order chi connectivity index (χ1) is 19.8. The molecule has 1 amide bonds. The van der Waals surface area contributed by atoms with E-state index in [1.807, 2.05) is 72.8 Å². The minimum absolute atomic E-state index is 0.0275. The molecule has 0 aliphatic carbocycles. The second kappa shape index (κ2) is 12.2. The largest absolute Gasteiger partial charge is 0.308 e. The van der Waals surface area contributed by atoms with Crippen molar-refractivity contribution in [1.82, 2.24) is 9.97 Å². The number of Topliss-reactive ketones (excluding diaryl/α,β-unsaturated/α-hetero) is 1. The maximum atomic E-state index is 13.5. The van der Waals surface area contributed by atoms with Gasteiger partial charge in [0.2, 0.25) is 11.7 Å². The number of hydrogen-bond acceptors (Lipinski definition) is 6. The minimum Gasteiger partial charge on any atom is -0.308 e. The Kier molecular flexibility index (Phi) is 8.31. The summed E-state index contributed by atoms with van der Waals surface area (Å²) in [4.78, 5) is 35.9. The highest BCUT2D eigenvalue weighted by Crippen LogP contribution is 2.26. The molecule has 1 unspecified atom stereocenters. The fourth-order valence-electron chi connectivity index (χ4n) is 4.70. The molecule has 0 bridgehead atoms. The molecule has 0 saturated heterocycles. The Morgan fingerprint density at radius 1 is 0.756 bits per heavy atom. The Hall–Kier alpha value is -4.69. The summed E-state index contributed by atoms with van der Waals surface area (Å²) in [6.07, 6.45) is 2.87. The number of amides is 1. The van der Waals surface area contributed by atoms with Crippen LogP contribution in [-0.4, -0.2) is 35.3 Å². The second-order valence-corrected chi connectivity index (χ2v) is 12.2. The molecule has 0 spiro atoms. The number of carbonyl (C=O) groups is 2. The zero-order chi connectivity index (χ0) is 28.8. The minimum atomic E-state index is -3.61. The predicted molar refractivity (Wildman–Crippen MR) is 159 cm³/mol. The summed E-state index contributed by atoms with van der Waals surface area (Å²) in [6.45, 7) is 1.90. The number of benzene rings is 4. The number of ketones is 1. The second-order valence-electron chi connectivity index (χ2n) is 9.87. The molecule has 1 atom stereocenters. The van der Waals surface area contributed by atoms with E-state index < -0.39 is 33.2 Å². The number of rotatable bonds is 10. The zero-order valence-electron chi connectivity index (χ0n) is 22.6. The van der Waals surface area contributed by atoms with Crippen LogP contribution in [0.4, 0.5) is 5.69 Å². The summed E-state index contributed by atoms with van der Waals surface area (Å²) in [5.41, 5.74) is 2.30. The topological polar surface area (TPSA) is 97.3 Å². The van der Waals surface area contributed by atoms with Gasteiger partial charge in [0, 0.05) is 18.1 Å². The first kappa shape index (κ1) is 27.9. The maximum absolute atomic E-state index is 13.5. The van der Waals surface area contributed by atoms with E-state index in [4.69, 9.17) is 0 Å². The van der Waals surface area contributed by atoms with Gasteiger partial charge < -0.3 is 4.90 Å². The number of carbonyl (C=O) groups excluding carboxylic acids is 2. The van der Waals surface area contributed by atoms with E-state index >= 15 is 0 Å². The molecule has 0 fully saturated rings. The van der Waals surface area contributed by atoms with Crippen LogP contribution in [0.15, 0.2) is 120 Å². The third-order valence-corrected chi connectivity index (χ3v) is 9.11. The molecule has 0 N–H and O–H groups in total. The van der Waals surface area contributed by atoms with Crippen LogP contribution in [0.5, 0.6) is 0 Å². The average molecular weight is 564 g/mol. The van der Waals surface area contributed by atoms with Crippen molar-refractivity contribution < 1.29 is 18.0 Å². The predicted octanol–water partition coefficient (Wildman–Crippen LogP) is 5.84. The molecule has 5 rings (SSSR count). The molecule has 41 heavy (non-hydrogen) atoms. The van der Waals surface area contributed by atoms with E-state index in [1.165, 1.54) is 29.4 Å². The lowest BCUT2D eigenvalue weighted by Crippen LogP contribution is -2.32. The third-order valence-electron chi connectivity index (χ3n) is 6.96. The van der Waals surface area contributed by atoms with Crippen molar-refractivity contribution in [2.24, 2.45) is 0 Å². The molecular weight excluding hydrogens is 534 g/mol. The fraction of sp³-hybridized carbons (Fsp3) is 0.152. The molecule has 0 aliphatic rings. The highest BCUT2D eigenvalue weighted by Gasteiger charge is 2.25. The quantitative estimate of drug-likeness (QED) is 0.156. The normalized spacial score (nSPS) is 12.1. The Morgan fingerprint density at radius 2 is 1.41 bits per heavy atom. The molecule has 1 aromatic heterocycles. The highest BCUT2D eigenvalue weighted by molar-refractivity contribution is 7.92. The molecule has 4 aromatic carbocycles. The van der Waals surface area contributed by atoms with Crippen LogP contribution in [0.3, 0.4) is 0 Å². The summed E-state index contributed by atoms with van der Waals surface area (Å²) in [7, 11) is -3.61. The molecule has 7 nitrogen and oxygen atoms in total. The van der Waals surface area contributed by atoms with Crippen LogP contribution in [-0.2, 0) is 27.6 Å². The summed E-state index contributed by atoms with van der Waals surface area (Å²) >= 11 is 0. The van der Waals surface area contributed by atoms with Crippen molar-refractivity contribution in [1.29, 1.82) is 0 Å². The van der Waals surface area contributed by atoms with Gasteiger partial charge in [-0.15, -0.1) is 0 Å². The van der Waals surface area contributed by atoms with Gasteiger partial charge in [-0.1, -0.05) is 66.7 Å². The van der Waals surface area contributed by atoms with Crippen LogP contribution >= 0.6 is 0 Å². The van der Waals surface area contributed by atoms with Crippen molar-refractivity contribution >= 4 is 38.0 Å². The Morgan fingerprint density at radius 3 is 2.12 bits per heavy atom. The molecule has 8 heteroatoms. The van der Waals surface area contributed by atoms with Gasteiger partial charge in [0.15, 0.2) is 15.7 Å². The smallest absolute Gasteiger partial charge is 0.235 e. The van der Waals surface area contributed by atoms with Gasteiger partial charge in [0.1, 0.15) is 0 Å². The molecule has 0 radical (unpaired) electrons. The van der Waals surface area contributed by atoms with Crippen LogP contribution in [0.2, 0.25) is 0 Å². The van der Waals surface area contributed by atoms with Crippen LogP contribution in [0, 0.1) is 0 Å². The number of fused-ring (bicyclic) bond motifs is 1. The molecule has 1 heterocycles. The van der Waals surface area contributed by atoms with Gasteiger partial charge in [0.05, 0.1) is 23.1 Å². The van der Waals surface area contributed by atoms with Gasteiger partial charge in [-0.2, -0.15) is 0 Å². The van der Waals surface area contributed by atoms with Crippen molar-refractivity contribution in [2.75, 3.05) is 4.90 Å². The SMILES string of the molecule is CC(Cc1ccccc1)S(=O)(=O)c1ccc(N(Cc2ccc3ccccc3c2)C(=O)CC(=O)c2ncccn2)cc1. The number of nitrogens with zero attached hydrogens (tertiary/aromatic N) is 3. The van der Waals surface area contributed by atoms with Crippen molar-refractivity contribution in [3.05, 3.63) is 132 Å². The lowest BCUT2D eigenvalue weighted by molar-refractivity contribution is -0.117. The van der Waals surface area contributed by atoms with E-state index in [0.717, 1.165) is 21.9 Å². The Labute approximate surface area is 239 Å². The van der Waals surface area contributed by atoms with Crippen LogP contribution in [0.25, 0.3) is 10.8 Å². The number of anilines is 1. The molecule has 206 valence electrons.